The van der Waals surface area contributed by atoms with Gasteiger partial charge in [0.25, 0.3) is 10.0 Å². The zero-order valence-electron chi connectivity index (χ0n) is 19.5. The number of carbonyl (C=O) groups excluding carboxylic acids is 1. The molecule has 0 spiro atoms. The minimum Gasteiger partial charge on any atom is -0.406 e. The van der Waals surface area contributed by atoms with Crippen LogP contribution in [0.15, 0.2) is 100 Å². The monoisotopic (exact) mass is 478 g/mol. The molecule has 0 amide bonds. The van der Waals surface area contributed by atoms with Crippen LogP contribution in [0.4, 0.5) is 17.1 Å². The van der Waals surface area contributed by atoms with E-state index in [9.17, 15) is 13.2 Å². The molecule has 0 aliphatic rings. The van der Waals surface area contributed by atoms with E-state index >= 15 is 0 Å². The Balaban J connectivity index is 1.63. The number of aryl methyl sites for hydroxylation is 1. The Hall–Kier alpha value is -3.98. The summed E-state index contributed by atoms with van der Waals surface area (Å²) in [7, 11) is 1.29. The van der Waals surface area contributed by atoms with Gasteiger partial charge in [-0.05, 0) is 74.2 Å². The van der Waals surface area contributed by atoms with E-state index in [4.69, 9.17) is 4.74 Å². The smallest absolute Gasteiger partial charge is 0.344 e. The van der Waals surface area contributed by atoms with Crippen molar-refractivity contribution < 1.29 is 17.9 Å². The van der Waals surface area contributed by atoms with Crippen LogP contribution in [0.5, 0.6) is 0 Å². The Morgan fingerprint density at radius 2 is 1.32 bits per heavy atom. The molecule has 3 aromatic rings. The molecule has 0 aromatic heterocycles. The van der Waals surface area contributed by atoms with Crippen LogP contribution in [0.25, 0.3) is 0 Å². The van der Waals surface area contributed by atoms with Crippen LogP contribution < -0.4 is 4.90 Å². The number of hydrogen-bond donors (Lipinski definition) is 0. The lowest BCUT2D eigenvalue weighted by atomic mass is 10.2. The van der Waals surface area contributed by atoms with Gasteiger partial charge in [0.05, 0.1) is 21.8 Å². The van der Waals surface area contributed by atoms with Gasteiger partial charge in [0.2, 0.25) is 5.88 Å². The predicted octanol–water partition coefficient (Wildman–Crippen LogP) is 5.43. The van der Waals surface area contributed by atoms with E-state index in [0.29, 0.717) is 11.4 Å². The third kappa shape index (κ3) is 5.87. The summed E-state index contributed by atoms with van der Waals surface area (Å²) in [6.45, 7) is 5.45. The number of hydrogen-bond acceptors (Lipinski definition) is 7. The summed E-state index contributed by atoms with van der Waals surface area (Å²) in [5.74, 6) is -1.05. The predicted molar refractivity (Wildman–Crippen MR) is 132 cm³/mol. The van der Waals surface area contributed by atoms with E-state index in [2.05, 4.69) is 16.8 Å². The highest BCUT2D eigenvalue weighted by atomic mass is 32.2. The quantitative estimate of drug-likeness (QED) is 0.245. The van der Waals surface area contributed by atoms with Gasteiger partial charge >= 0.3 is 5.97 Å². The van der Waals surface area contributed by atoms with Gasteiger partial charge in [0, 0.05) is 26.8 Å². The highest BCUT2D eigenvalue weighted by Gasteiger charge is 2.24. The summed E-state index contributed by atoms with van der Waals surface area (Å²) in [6, 6.07) is 20.2. The largest absolute Gasteiger partial charge is 0.406 e. The molecule has 0 aliphatic carbocycles. The van der Waals surface area contributed by atoms with E-state index in [1.165, 1.54) is 31.3 Å². The summed E-state index contributed by atoms with van der Waals surface area (Å²) >= 11 is 0. The van der Waals surface area contributed by atoms with Crippen molar-refractivity contribution in [2.24, 2.45) is 10.2 Å². The third-order valence-corrected chi connectivity index (χ3v) is 6.78. The first-order chi connectivity index (χ1) is 16.1. The first-order valence-corrected chi connectivity index (χ1v) is 11.8. The van der Waals surface area contributed by atoms with E-state index < -0.39 is 16.0 Å². The third-order valence-electron chi connectivity index (χ3n) is 4.99. The zero-order chi connectivity index (χ0) is 24.9. The molecule has 3 aromatic carbocycles. The van der Waals surface area contributed by atoms with E-state index in [1.54, 1.807) is 24.3 Å². The molecular formula is C25H26N4O4S. The molecule has 0 saturated carbocycles. The van der Waals surface area contributed by atoms with Crippen LogP contribution in [0.1, 0.15) is 15.9 Å². The summed E-state index contributed by atoms with van der Waals surface area (Å²) < 4.78 is 31.5. The van der Waals surface area contributed by atoms with E-state index in [0.717, 1.165) is 15.6 Å². The first-order valence-electron chi connectivity index (χ1n) is 10.3. The fourth-order valence-electron chi connectivity index (χ4n) is 2.83. The lowest BCUT2D eigenvalue weighted by Crippen LogP contribution is -2.28. The van der Waals surface area contributed by atoms with Gasteiger partial charge in [-0.1, -0.05) is 17.7 Å². The number of rotatable bonds is 8. The van der Waals surface area contributed by atoms with Gasteiger partial charge in [-0.15, -0.1) is 0 Å². The lowest BCUT2D eigenvalue weighted by molar-refractivity contribution is 0.0571. The topological polar surface area (TPSA) is 91.6 Å². The number of nitrogens with zero attached hydrogens (tertiary/aromatic N) is 4. The molecule has 34 heavy (non-hydrogen) atoms. The molecule has 0 aliphatic heterocycles. The van der Waals surface area contributed by atoms with E-state index in [1.807, 2.05) is 50.2 Å². The highest BCUT2D eigenvalue weighted by molar-refractivity contribution is 7.89. The second-order valence-electron chi connectivity index (χ2n) is 7.73. The maximum atomic E-state index is 12.7. The number of benzene rings is 3. The molecule has 0 atom stereocenters. The van der Waals surface area contributed by atoms with Crippen molar-refractivity contribution in [2.45, 2.75) is 11.8 Å². The van der Waals surface area contributed by atoms with Gasteiger partial charge in [-0.3, -0.25) is 0 Å². The van der Waals surface area contributed by atoms with Crippen LogP contribution in [-0.4, -0.2) is 39.8 Å². The molecule has 8 nitrogen and oxygen atoms in total. The van der Waals surface area contributed by atoms with Gasteiger partial charge in [0.15, 0.2) is 0 Å². The van der Waals surface area contributed by atoms with Crippen LogP contribution >= 0.6 is 0 Å². The fraction of sp³-hybridized carbons (Fsp3) is 0.160. The number of anilines is 1. The van der Waals surface area contributed by atoms with Crippen LogP contribution in [0, 0.1) is 6.92 Å². The minimum atomic E-state index is -3.90. The van der Waals surface area contributed by atoms with Gasteiger partial charge in [-0.25, -0.2) is 17.5 Å². The Labute approximate surface area is 199 Å². The first kappa shape index (κ1) is 24.7. The normalized spacial score (nSPS) is 11.3. The standard InChI is InChI=1S/C25H26N4O4S/c1-18-6-16-24(17-7-18)34(31,32)29(5)19(2)33-25(30)20-8-10-21(11-9-20)26-27-22-12-14-23(15-13-22)28(3)4/h6-17H,2H2,1,3-5H3/b27-26+. The van der Waals surface area contributed by atoms with Crippen LogP contribution in [0.3, 0.4) is 0 Å². The maximum Gasteiger partial charge on any atom is 0.344 e. The van der Waals surface area contributed by atoms with Crippen LogP contribution in [-0.2, 0) is 14.8 Å². The Kier molecular flexibility index (Phi) is 7.47. The molecule has 0 bridgehead atoms. The van der Waals surface area contributed by atoms with Gasteiger partial charge in [0.1, 0.15) is 0 Å². The molecule has 9 heteroatoms. The summed E-state index contributed by atoms with van der Waals surface area (Å²) in [5, 5.41) is 8.35. The van der Waals surface area contributed by atoms with E-state index in [-0.39, 0.29) is 16.3 Å². The van der Waals surface area contributed by atoms with Crippen molar-refractivity contribution in [3.05, 3.63) is 96.4 Å². The molecule has 0 unspecified atom stereocenters. The molecule has 176 valence electrons. The molecule has 0 radical (unpaired) electrons. The molecule has 0 N–H and O–H groups in total. The molecular weight excluding hydrogens is 452 g/mol. The van der Waals surface area contributed by atoms with Gasteiger partial charge < -0.3 is 9.64 Å². The second kappa shape index (κ2) is 10.3. The van der Waals surface area contributed by atoms with Crippen molar-refractivity contribution in [2.75, 3.05) is 26.0 Å². The minimum absolute atomic E-state index is 0.0730. The second-order valence-corrected chi connectivity index (χ2v) is 9.70. The van der Waals surface area contributed by atoms with Crippen molar-refractivity contribution in [1.82, 2.24) is 4.31 Å². The molecule has 0 saturated heterocycles. The summed E-state index contributed by atoms with van der Waals surface area (Å²) in [6.07, 6.45) is 0. The molecule has 0 fully saturated rings. The van der Waals surface area contributed by atoms with Crippen LogP contribution in [0.2, 0.25) is 0 Å². The van der Waals surface area contributed by atoms with Crippen molar-refractivity contribution >= 4 is 33.1 Å². The Bertz CT molecular complexity index is 1300. The van der Waals surface area contributed by atoms with Crippen molar-refractivity contribution in [3.8, 4) is 0 Å². The number of esters is 1. The maximum absolute atomic E-state index is 12.7. The van der Waals surface area contributed by atoms with Gasteiger partial charge in [-0.2, -0.15) is 10.2 Å². The average molecular weight is 479 g/mol. The summed E-state index contributed by atoms with van der Waals surface area (Å²) in [4.78, 5) is 14.5. The fourth-order valence-corrected chi connectivity index (χ4v) is 3.93. The zero-order valence-corrected chi connectivity index (χ0v) is 20.3. The Morgan fingerprint density at radius 3 is 1.82 bits per heavy atom. The molecule has 3 rings (SSSR count). The molecule has 0 heterocycles. The lowest BCUT2D eigenvalue weighted by Gasteiger charge is -2.20. The number of sulfonamides is 1. The number of azo groups is 1. The Morgan fingerprint density at radius 1 is 0.824 bits per heavy atom. The summed E-state index contributed by atoms with van der Waals surface area (Å²) in [5.41, 5.74) is 3.45. The highest BCUT2D eigenvalue weighted by Crippen LogP contribution is 2.23. The number of ether oxygens (including phenoxy) is 1. The number of carbonyl (C=O) groups is 1. The van der Waals surface area contributed by atoms with Crippen molar-refractivity contribution in [3.63, 3.8) is 0 Å². The SMILES string of the molecule is C=C(OC(=O)c1ccc(/N=N/c2ccc(N(C)C)cc2)cc1)N(C)S(=O)(=O)c1ccc(C)cc1. The van der Waals surface area contributed by atoms with Crippen molar-refractivity contribution in [1.29, 1.82) is 0 Å². The average Bonchev–Trinajstić information content (AvgIpc) is 2.83.